The molecule has 0 amide bonds. The molecule has 2 aromatic carbocycles. The number of benzene rings is 2. The molecular weight excluding hydrogens is 370 g/mol. The average Bonchev–Trinajstić information content (AvgIpc) is 3.02. The third-order valence-electron chi connectivity index (χ3n) is 3.75. The third kappa shape index (κ3) is 4.78. The van der Waals surface area contributed by atoms with E-state index in [9.17, 15) is 0 Å². The highest BCUT2D eigenvalue weighted by Crippen LogP contribution is 2.24. The first-order valence-electron chi connectivity index (χ1n) is 7.87. The molecule has 3 rings (SSSR count). The van der Waals surface area contributed by atoms with E-state index in [1.165, 1.54) is 0 Å². The lowest BCUT2D eigenvalue weighted by Gasteiger charge is -2.17. The van der Waals surface area contributed by atoms with Crippen LogP contribution in [0.3, 0.4) is 0 Å². The number of nitrogens with zero attached hydrogens (tertiary/aromatic N) is 1. The minimum Gasteiger partial charge on any atom is -0.356 e. The Labute approximate surface area is 162 Å². The normalized spacial score (nSPS) is 11.8. The van der Waals surface area contributed by atoms with Crippen LogP contribution in [0.25, 0.3) is 11.3 Å². The number of thiazole rings is 1. The van der Waals surface area contributed by atoms with Gasteiger partial charge in [-0.05, 0) is 55.9 Å². The Morgan fingerprint density at radius 1 is 1.20 bits per heavy atom. The Hall–Kier alpha value is -1.95. The van der Waals surface area contributed by atoms with Crippen LogP contribution in [0.4, 0.5) is 5.69 Å². The van der Waals surface area contributed by atoms with Crippen molar-refractivity contribution in [2.45, 2.75) is 19.9 Å². The van der Waals surface area contributed by atoms with Crippen LogP contribution in [0.5, 0.6) is 0 Å². The zero-order chi connectivity index (χ0) is 17.8. The van der Waals surface area contributed by atoms with Crippen molar-refractivity contribution in [2.75, 3.05) is 5.32 Å². The molecule has 6 heteroatoms. The van der Waals surface area contributed by atoms with Crippen LogP contribution in [-0.2, 0) is 0 Å². The Bertz CT molecular complexity index is 874. The smallest absolute Gasteiger partial charge is 0.171 e. The molecule has 0 saturated carbocycles. The summed E-state index contributed by atoms with van der Waals surface area (Å²) in [7, 11) is 0. The van der Waals surface area contributed by atoms with Crippen LogP contribution in [-0.4, -0.2) is 10.1 Å². The van der Waals surface area contributed by atoms with Crippen molar-refractivity contribution in [1.29, 1.82) is 0 Å². The average molecular weight is 388 g/mol. The maximum absolute atomic E-state index is 5.93. The van der Waals surface area contributed by atoms with Gasteiger partial charge in [-0.3, -0.25) is 0 Å². The van der Waals surface area contributed by atoms with Gasteiger partial charge in [-0.15, -0.1) is 11.3 Å². The number of aromatic nitrogens is 1. The number of aryl methyl sites for hydroxylation is 1. The largest absolute Gasteiger partial charge is 0.356 e. The van der Waals surface area contributed by atoms with Crippen molar-refractivity contribution >= 4 is 46.0 Å². The second-order valence-corrected chi connectivity index (χ2v) is 7.61. The molecule has 1 aromatic heterocycles. The number of hydrogen-bond acceptors (Lipinski definition) is 3. The molecule has 0 aliphatic rings. The zero-order valence-corrected chi connectivity index (χ0v) is 16.3. The van der Waals surface area contributed by atoms with Crippen LogP contribution in [0, 0.1) is 6.92 Å². The van der Waals surface area contributed by atoms with Gasteiger partial charge in [-0.1, -0.05) is 35.9 Å². The lowest BCUT2D eigenvalue weighted by atomic mass is 10.1. The molecular formula is C19H18ClN3S2. The number of halogens is 1. The second kappa shape index (κ2) is 7.95. The first-order chi connectivity index (χ1) is 12.0. The Morgan fingerprint density at radius 2 is 1.96 bits per heavy atom. The van der Waals surface area contributed by atoms with Gasteiger partial charge in [-0.25, -0.2) is 4.98 Å². The van der Waals surface area contributed by atoms with Crippen LogP contribution < -0.4 is 10.6 Å². The fourth-order valence-electron chi connectivity index (χ4n) is 2.45. The fraction of sp³-hybridized carbons (Fsp3) is 0.158. The molecule has 1 atom stereocenters. The highest BCUT2D eigenvalue weighted by molar-refractivity contribution is 7.80. The Kier molecular flexibility index (Phi) is 5.68. The number of anilines is 1. The number of hydrogen-bond donors (Lipinski definition) is 2. The first kappa shape index (κ1) is 17.9. The van der Waals surface area contributed by atoms with Gasteiger partial charge in [-0.2, -0.15) is 0 Å². The van der Waals surface area contributed by atoms with Crippen molar-refractivity contribution in [3.05, 3.63) is 69.5 Å². The summed E-state index contributed by atoms with van der Waals surface area (Å²) in [6.07, 6.45) is 0. The van der Waals surface area contributed by atoms with Gasteiger partial charge in [0.15, 0.2) is 5.11 Å². The zero-order valence-electron chi connectivity index (χ0n) is 13.9. The van der Waals surface area contributed by atoms with E-state index in [1.807, 2.05) is 49.4 Å². The number of nitrogens with one attached hydrogen (secondary N) is 2. The van der Waals surface area contributed by atoms with Crippen LogP contribution in [0.2, 0.25) is 5.02 Å². The summed E-state index contributed by atoms with van der Waals surface area (Å²) in [6, 6.07) is 15.9. The van der Waals surface area contributed by atoms with Gasteiger partial charge in [0.25, 0.3) is 0 Å². The highest BCUT2D eigenvalue weighted by atomic mass is 35.5. The minimum atomic E-state index is 0.0849. The third-order valence-corrected chi connectivity index (χ3v) is 5.00. The molecule has 128 valence electrons. The van der Waals surface area contributed by atoms with Gasteiger partial charge in [0, 0.05) is 21.7 Å². The molecule has 0 aliphatic carbocycles. The van der Waals surface area contributed by atoms with Gasteiger partial charge >= 0.3 is 0 Å². The molecule has 25 heavy (non-hydrogen) atoms. The predicted octanol–water partition coefficient (Wildman–Crippen LogP) is 5.82. The SMILES string of the molecule is Cc1nc(-c2cccc(NC(=S)NC(C)c3ccc(Cl)cc3)c2)cs1. The molecule has 0 saturated heterocycles. The lowest BCUT2D eigenvalue weighted by molar-refractivity contribution is 0.723. The summed E-state index contributed by atoms with van der Waals surface area (Å²) in [4.78, 5) is 4.53. The molecule has 2 N–H and O–H groups in total. The molecule has 0 radical (unpaired) electrons. The van der Waals surface area contributed by atoms with Crippen LogP contribution in [0.15, 0.2) is 53.9 Å². The molecule has 1 unspecified atom stereocenters. The number of thiocarbonyl (C=S) groups is 1. The monoisotopic (exact) mass is 387 g/mol. The molecule has 3 aromatic rings. The highest BCUT2D eigenvalue weighted by Gasteiger charge is 2.08. The van der Waals surface area contributed by atoms with Crippen molar-refractivity contribution < 1.29 is 0 Å². The molecule has 0 fully saturated rings. The molecule has 0 bridgehead atoms. The van der Waals surface area contributed by atoms with Gasteiger partial charge in [0.05, 0.1) is 16.7 Å². The van der Waals surface area contributed by atoms with Crippen molar-refractivity contribution in [2.24, 2.45) is 0 Å². The number of rotatable bonds is 4. The van der Waals surface area contributed by atoms with Gasteiger partial charge in [0.2, 0.25) is 0 Å². The van der Waals surface area contributed by atoms with Crippen molar-refractivity contribution in [1.82, 2.24) is 10.3 Å². The first-order valence-corrected chi connectivity index (χ1v) is 9.53. The van der Waals surface area contributed by atoms with E-state index in [0.717, 1.165) is 32.5 Å². The molecule has 3 nitrogen and oxygen atoms in total. The van der Waals surface area contributed by atoms with Gasteiger partial charge in [0.1, 0.15) is 0 Å². The van der Waals surface area contributed by atoms with E-state index in [4.69, 9.17) is 23.8 Å². The predicted molar refractivity (Wildman–Crippen MR) is 112 cm³/mol. The maximum atomic E-state index is 5.93. The minimum absolute atomic E-state index is 0.0849. The standard InChI is InChI=1S/C19H18ClN3S2/c1-12(14-6-8-16(20)9-7-14)21-19(24)23-17-5-3-4-15(10-17)18-11-25-13(2)22-18/h3-12H,1-2H3,(H2,21,23,24). The molecule has 1 heterocycles. The maximum Gasteiger partial charge on any atom is 0.171 e. The molecule has 0 aliphatic heterocycles. The van der Waals surface area contributed by atoms with E-state index in [2.05, 4.69) is 34.0 Å². The topological polar surface area (TPSA) is 37.0 Å². The fourth-order valence-corrected chi connectivity index (χ4v) is 3.49. The van der Waals surface area contributed by atoms with Crippen LogP contribution in [0.1, 0.15) is 23.5 Å². The lowest BCUT2D eigenvalue weighted by Crippen LogP contribution is -2.30. The second-order valence-electron chi connectivity index (χ2n) is 5.70. The summed E-state index contributed by atoms with van der Waals surface area (Å²) in [6.45, 7) is 4.07. The van der Waals surface area contributed by atoms with Crippen LogP contribution >= 0.6 is 35.2 Å². The van der Waals surface area contributed by atoms with Crippen molar-refractivity contribution in [3.63, 3.8) is 0 Å². The summed E-state index contributed by atoms with van der Waals surface area (Å²) >= 11 is 13.0. The van der Waals surface area contributed by atoms with E-state index in [1.54, 1.807) is 11.3 Å². The quantitative estimate of drug-likeness (QED) is 0.553. The van der Waals surface area contributed by atoms with E-state index in [0.29, 0.717) is 5.11 Å². The Morgan fingerprint density at radius 3 is 2.64 bits per heavy atom. The van der Waals surface area contributed by atoms with E-state index >= 15 is 0 Å². The van der Waals surface area contributed by atoms with E-state index < -0.39 is 0 Å². The van der Waals surface area contributed by atoms with Crippen molar-refractivity contribution in [3.8, 4) is 11.3 Å². The van der Waals surface area contributed by atoms with E-state index in [-0.39, 0.29) is 6.04 Å². The Balaban J connectivity index is 1.65. The summed E-state index contributed by atoms with van der Waals surface area (Å²) < 4.78 is 0. The molecule has 0 spiro atoms. The summed E-state index contributed by atoms with van der Waals surface area (Å²) in [5.41, 5.74) is 4.12. The summed E-state index contributed by atoms with van der Waals surface area (Å²) in [5.74, 6) is 0. The summed E-state index contributed by atoms with van der Waals surface area (Å²) in [5, 5.41) is 11.0. The van der Waals surface area contributed by atoms with Gasteiger partial charge < -0.3 is 10.6 Å².